The lowest BCUT2D eigenvalue weighted by molar-refractivity contribution is 0.892. The van der Waals surface area contributed by atoms with Gasteiger partial charge in [0.05, 0.1) is 0 Å². The molecule has 10 heavy (non-hydrogen) atoms. The topological polar surface area (TPSA) is 0 Å². The SMILES string of the molecule is C=C(C)C(C)=C(C)CCC. The maximum Gasteiger partial charge on any atom is -0.0320 e. The van der Waals surface area contributed by atoms with E-state index in [0.29, 0.717) is 0 Å². The van der Waals surface area contributed by atoms with Gasteiger partial charge in [-0.2, -0.15) is 0 Å². The van der Waals surface area contributed by atoms with Crippen LogP contribution in [0.3, 0.4) is 0 Å². The van der Waals surface area contributed by atoms with E-state index < -0.39 is 0 Å². The lowest BCUT2D eigenvalue weighted by Gasteiger charge is -2.04. The number of hydrogen-bond acceptors (Lipinski definition) is 0. The van der Waals surface area contributed by atoms with Gasteiger partial charge in [0, 0.05) is 0 Å². The van der Waals surface area contributed by atoms with E-state index in [1.807, 2.05) is 0 Å². The Morgan fingerprint density at radius 1 is 1.20 bits per heavy atom. The lowest BCUT2D eigenvalue weighted by Crippen LogP contribution is -1.84. The third kappa shape index (κ3) is 2.86. The minimum absolute atomic E-state index is 1.20. The molecule has 0 aliphatic carbocycles. The molecular weight excluding hydrogens is 120 g/mol. The van der Waals surface area contributed by atoms with E-state index in [9.17, 15) is 0 Å². The van der Waals surface area contributed by atoms with Crippen molar-refractivity contribution in [2.75, 3.05) is 0 Å². The summed E-state index contributed by atoms with van der Waals surface area (Å²) in [5, 5.41) is 0. The van der Waals surface area contributed by atoms with Gasteiger partial charge in [-0.05, 0) is 32.8 Å². The third-order valence-electron chi connectivity index (χ3n) is 1.91. The summed E-state index contributed by atoms with van der Waals surface area (Å²) in [6.07, 6.45) is 2.44. The third-order valence-corrected chi connectivity index (χ3v) is 1.91. The molecule has 0 aliphatic heterocycles. The first-order chi connectivity index (χ1) is 4.59. The summed E-state index contributed by atoms with van der Waals surface area (Å²) in [5.41, 5.74) is 4.06. The Hall–Kier alpha value is -0.520. The molecular formula is C10H18. The highest BCUT2D eigenvalue weighted by molar-refractivity contribution is 5.28. The second kappa shape index (κ2) is 4.32. The second-order valence-corrected chi connectivity index (χ2v) is 2.94. The second-order valence-electron chi connectivity index (χ2n) is 2.94. The molecule has 0 nitrogen and oxygen atoms in total. The van der Waals surface area contributed by atoms with Crippen LogP contribution in [0.2, 0.25) is 0 Å². The van der Waals surface area contributed by atoms with E-state index in [4.69, 9.17) is 0 Å². The summed E-state index contributed by atoms with van der Waals surface area (Å²) in [6.45, 7) is 12.5. The average Bonchev–Trinajstić information content (AvgIpc) is 1.87. The highest BCUT2D eigenvalue weighted by Gasteiger charge is 1.94. The number of rotatable bonds is 3. The van der Waals surface area contributed by atoms with Gasteiger partial charge in [0.1, 0.15) is 0 Å². The van der Waals surface area contributed by atoms with Crippen molar-refractivity contribution in [2.24, 2.45) is 0 Å². The van der Waals surface area contributed by atoms with Gasteiger partial charge >= 0.3 is 0 Å². The molecule has 0 heteroatoms. The fraction of sp³-hybridized carbons (Fsp3) is 0.600. The van der Waals surface area contributed by atoms with Gasteiger partial charge in [-0.15, -0.1) is 0 Å². The van der Waals surface area contributed by atoms with Gasteiger partial charge in [0.25, 0.3) is 0 Å². The zero-order valence-electron chi connectivity index (χ0n) is 7.62. The van der Waals surface area contributed by atoms with Gasteiger partial charge in [0.15, 0.2) is 0 Å². The molecule has 0 atom stereocenters. The molecule has 0 N–H and O–H groups in total. The van der Waals surface area contributed by atoms with Crippen LogP contribution in [-0.4, -0.2) is 0 Å². The van der Waals surface area contributed by atoms with E-state index in [-0.39, 0.29) is 0 Å². The first-order valence-electron chi connectivity index (χ1n) is 3.91. The van der Waals surface area contributed by atoms with Crippen LogP contribution in [-0.2, 0) is 0 Å². The molecule has 0 spiro atoms. The first-order valence-corrected chi connectivity index (χ1v) is 3.91. The highest BCUT2D eigenvalue weighted by Crippen LogP contribution is 2.15. The lowest BCUT2D eigenvalue weighted by atomic mass is 10.0. The summed E-state index contributed by atoms with van der Waals surface area (Å²) >= 11 is 0. The molecule has 0 radical (unpaired) electrons. The van der Waals surface area contributed by atoms with Crippen molar-refractivity contribution in [1.29, 1.82) is 0 Å². The average molecular weight is 138 g/mol. The molecule has 0 fully saturated rings. The molecule has 0 amide bonds. The molecule has 0 aromatic rings. The Bertz CT molecular complexity index is 149. The van der Waals surface area contributed by atoms with Crippen LogP contribution in [0.4, 0.5) is 0 Å². The summed E-state index contributed by atoms with van der Waals surface area (Å²) < 4.78 is 0. The Balaban J connectivity index is 4.19. The van der Waals surface area contributed by atoms with Crippen LogP contribution >= 0.6 is 0 Å². The quantitative estimate of drug-likeness (QED) is 0.522. The largest absolute Gasteiger partial charge is 0.0959 e. The molecule has 0 bridgehead atoms. The predicted octanol–water partition coefficient (Wildman–Crippen LogP) is 3.70. The predicted molar refractivity (Wildman–Crippen MR) is 48.1 cm³/mol. The summed E-state index contributed by atoms with van der Waals surface area (Å²) in [6, 6.07) is 0. The summed E-state index contributed by atoms with van der Waals surface area (Å²) in [7, 11) is 0. The van der Waals surface area contributed by atoms with Crippen LogP contribution in [0.15, 0.2) is 23.3 Å². The van der Waals surface area contributed by atoms with E-state index in [1.54, 1.807) is 0 Å². The van der Waals surface area contributed by atoms with E-state index in [2.05, 4.69) is 34.3 Å². The zero-order chi connectivity index (χ0) is 8.15. The minimum atomic E-state index is 1.20. The normalized spacial score (nSPS) is 12.8. The molecule has 0 aromatic heterocycles. The first kappa shape index (κ1) is 9.48. The Morgan fingerprint density at radius 3 is 2.00 bits per heavy atom. The molecule has 0 aromatic carbocycles. The van der Waals surface area contributed by atoms with Crippen molar-refractivity contribution in [3.63, 3.8) is 0 Å². The Kier molecular flexibility index (Phi) is 4.10. The van der Waals surface area contributed by atoms with E-state index in [0.717, 1.165) is 0 Å². The van der Waals surface area contributed by atoms with Crippen LogP contribution < -0.4 is 0 Å². The fourth-order valence-corrected chi connectivity index (χ4v) is 0.927. The van der Waals surface area contributed by atoms with Gasteiger partial charge < -0.3 is 0 Å². The van der Waals surface area contributed by atoms with Crippen LogP contribution in [0.5, 0.6) is 0 Å². The fourth-order valence-electron chi connectivity index (χ4n) is 0.927. The van der Waals surface area contributed by atoms with Gasteiger partial charge in [0.2, 0.25) is 0 Å². The van der Waals surface area contributed by atoms with Gasteiger partial charge in [-0.25, -0.2) is 0 Å². The minimum Gasteiger partial charge on any atom is -0.0959 e. The Morgan fingerprint density at radius 2 is 1.70 bits per heavy atom. The smallest absolute Gasteiger partial charge is 0.0320 e. The highest BCUT2D eigenvalue weighted by atomic mass is 14.0. The molecule has 0 saturated carbocycles. The number of allylic oxidation sites excluding steroid dienone is 3. The number of hydrogen-bond donors (Lipinski definition) is 0. The maximum atomic E-state index is 3.90. The molecule has 0 aliphatic rings. The monoisotopic (exact) mass is 138 g/mol. The van der Waals surface area contributed by atoms with E-state index >= 15 is 0 Å². The maximum absolute atomic E-state index is 3.90. The van der Waals surface area contributed by atoms with Crippen LogP contribution in [0, 0.1) is 0 Å². The molecule has 58 valence electrons. The Labute approximate surface area is 64.6 Å². The molecule has 0 rings (SSSR count). The molecule has 0 saturated heterocycles. The van der Waals surface area contributed by atoms with Crippen molar-refractivity contribution >= 4 is 0 Å². The zero-order valence-corrected chi connectivity index (χ0v) is 7.62. The summed E-state index contributed by atoms with van der Waals surface area (Å²) in [4.78, 5) is 0. The van der Waals surface area contributed by atoms with Crippen molar-refractivity contribution in [1.82, 2.24) is 0 Å². The van der Waals surface area contributed by atoms with Crippen molar-refractivity contribution < 1.29 is 0 Å². The van der Waals surface area contributed by atoms with E-state index in [1.165, 1.54) is 29.6 Å². The van der Waals surface area contributed by atoms with Crippen LogP contribution in [0.25, 0.3) is 0 Å². The molecule has 0 heterocycles. The van der Waals surface area contributed by atoms with Crippen molar-refractivity contribution in [2.45, 2.75) is 40.5 Å². The van der Waals surface area contributed by atoms with Crippen LogP contribution in [0.1, 0.15) is 40.5 Å². The van der Waals surface area contributed by atoms with Crippen molar-refractivity contribution in [3.05, 3.63) is 23.3 Å². The summed E-state index contributed by atoms with van der Waals surface area (Å²) in [5.74, 6) is 0. The van der Waals surface area contributed by atoms with Gasteiger partial charge in [-0.3, -0.25) is 0 Å². The standard InChI is InChI=1S/C10H18/c1-6-7-9(4)10(5)8(2)3/h2,6-7H2,1,3-5H3. The van der Waals surface area contributed by atoms with Gasteiger partial charge in [-0.1, -0.05) is 31.1 Å². The molecule has 0 unspecified atom stereocenters. The van der Waals surface area contributed by atoms with Crippen molar-refractivity contribution in [3.8, 4) is 0 Å².